The molecule has 18 heavy (non-hydrogen) atoms. The minimum absolute atomic E-state index is 0. The minimum Gasteiger partial charge on any atom is -0.329 e. The summed E-state index contributed by atoms with van der Waals surface area (Å²) in [6.07, 6.45) is 3.54. The van der Waals surface area contributed by atoms with Gasteiger partial charge in [0, 0.05) is 24.2 Å². The van der Waals surface area contributed by atoms with Crippen molar-refractivity contribution in [2.75, 3.05) is 13.1 Å². The molecule has 5 heteroatoms. The summed E-state index contributed by atoms with van der Waals surface area (Å²) in [6, 6.07) is 4.93. The van der Waals surface area contributed by atoms with Crippen molar-refractivity contribution >= 4 is 24.0 Å². The number of nitrogens with two attached hydrogens (primary N) is 1. The monoisotopic (exact) mass is 292 g/mol. The van der Waals surface area contributed by atoms with Crippen LogP contribution in [0.2, 0.25) is 5.02 Å². The highest BCUT2D eigenvalue weighted by Gasteiger charge is 2.21. The zero-order valence-electron chi connectivity index (χ0n) is 10.2. The van der Waals surface area contributed by atoms with E-state index in [1.165, 1.54) is 25.0 Å². The summed E-state index contributed by atoms with van der Waals surface area (Å²) >= 11 is 6.08. The number of benzene rings is 1. The Hall–Kier alpha value is -0.350. The van der Waals surface area contributed by atoms with Crippen LogP contribution >= 0.6 is 24.0 Å². The first-order chi connectivity index (χ1) is 8.20. The third-order valence-corrected chi connectivity index (χ3v) is 3.77. The van der Waals surface area contributed by atoms with Gasteiger partial charge in [0.25, 0.3) is 0 Å². The van der Waals surface area contributed by atoms with Crippen molar-refractivity contribution in [2.45, 2.75) is 31.8 Å². The van der Waals surface area contributed by atoms with Gasteiger partial charge in [-0.3, -0.25) is 4.90 Å². The first kappa shape index (κ1) is 15.7. The lowest BCUT2D eigenvalue weighted by molar-refractivity contribution is 0.145. The van der Waals surface area contributed by atoms with E-state index in [1.54, 1.807) is 6.07 Å². The van der Waals surface area contributed by atoms with E-state index in [2.05, 4.69) is 4.90 Å². The average molecular weight is 293 g/mol. The zero-order chi connectivity index (χ0) is 12.3. The molecule has 0 bridgehead atoms. The van der Waals surface area contributed by atoms with Crippen LogP contribution in [0.15, 0.2) is 18.2 Å². The van der Waals surface area contributed by atoms with Crippen molar-refractivity contribution in [3.05, 3.63) is 34.6 Å². The van der Waals surface area contributed by atoms with Crippen LogP contribution in [0.25, 0.3) is 0 Å². The van der Waals surface area contributed by atoms with E-state index in [1.807, 2.05) is 0 Å². The largest absolute Gasteiger partial charge is 0.329 e. The van der Waals surface area contributed by atoms with Crippen LogP contribution in [0.5, 0.6) is 0 Å². The summed E-state index contributed by atoms with van der Waals surface area (Å²) in [7, 11) is 0. The van der Waals surface area contributed by atoms with Gasteiger partial charge in [0.1, 0.15) is 5.82 Å². The van der Waals surface area contributed by atoms with Crippen LogP contribution in [0.3, 0.4) is 0 Å². The van der Waals surface area contributed by atoms with Crippen LogP contribution in [0, 0.1) is 5.82 Å². The van der Waals surface area contributed by atoms with Gasteiger partial charge in [-0.25, -0.2) is 4.39 Å². The summed E-state index contributed by atoms with van der Waals surface area (Å²) in [5, 5.41) is 0.632. The number of hydrogen-bond donors (Lipinski definition) is 1. The van der Waals surface area contributed by atoms with Gasteiger partial charge in [0.2, 0.25) is 0 Å². The van der Waals surface area contributed by atoms with Crippen LogP contribution in [-0.4, -0.2) is 24.0 Å². The molecule has 2 nitrogen and oxygen atoms in total. The van der Waals surface area contributed by atoms with Gasteiger partial charge >= 0.3 is 0 Å². The molecule has 0 aliphatic carbocycles. The molecule has 0 amide bonds. The number of nitrogens with zero attached hydrogens (tertiary/aromatic N) is 1. The molecule has 1 aromatic rings. The second-order valence-electron chi connectivity index (χ2n) is 4.59. The number of rotatable bonds is 3. The Kier molecular flexibility index (Phi) is 6.36. The highest BCUT2D eigenvalue weighted by Crippen LogP contribution is 2.23. The lowest BCUT2D eigenvalue weighted by Crippen LogP contribution is -2.43. The predicted octanol–water partition coefficient (Wildman–Crippen LogP) is 3.21. The van der Waals surface area contributed by atoms with Crippen molar-refractivity contribution in [2.24, 2.45) is 5.73 Å². The molecular weight excluding hydrogens is 274 g/mol. The lowest BCUT2D eigenvalue weighted by Gasteiger charge is -2.35. The molecule has 1 heterocycles. The molecule has 0 aromatic heterocycles. The molecule has 0 radical (unpaired) electrons. The Morgan fingerprint density at radius 2 is 2.17 bits per heavy atom. The molecule has 1 atom stereocenters. The number of hydrogen-bond acceptors (Lipinski definition) is 2. The minimum atomic E-state index is -0.231. The summed E-state index contributed by atoms with van der Waals surface area (Å²) in [4.78, 5) is 2.31. The molecule has 2 rings (SSSR count). The molecule has 1 saturated heterocycles. The van der Waals surface area contributed by atoms with Crippen molar-refractivity contribution in [3.63, 3.8) is 0 Å². The van der Waals surface area contributed by atoms with Crippen LogP contribution in [0.1, 0.15) is 24.8 Å². The van der Waals surface area contributed by atoms with E-state index in [-0.39, 0.29) is 18.2 Å². The fourth-order valence-electron chi connectivity index (χ4n) is 2.42. The van der Waals surface area contributed by atoms with Crippen molar-refractivity contribution < 1.29 is 4.39 Å². The van der Waals surface area contributed by atoms with Crippen molar-refractivity contribution in [1.29, 1.82) is 0 Å². The molecule has 1 fully saturated rings. The van der Waals surface area contributed by atoms with E-state index in [0.717, 1.165) is 18.5 Å². The standard InChI is InChI=1S/C13H18ClFN2.ClH/c14-13-5-4-11(15)7-10(13)9-17-6-2-1-3-12(17)8-16;/h4-5,7,12H,1-3,6,8-9,16H2;1H. The van der Waals surface area contributed by atoms with Crippen molar-refractivity contribution in [1.82, 2.24) is 4.90 Å². The maximum atomic E-state index is 13.2. The quantitative estimate of drug-likeness (QED) is 0.927. The van der Waals surface area contributed by atoms with Crippen LogP contribution in [0.4, 0.5) is 4.39 Å². The fourth-order valence-corrected chi connectivity index (χ4v) is 2.60. The van der Waals surface area contributed by atoms with E-state index in [4.69, 9.17) is 17.3 Å². The highest BCUT2D eigenvalue weighted by molar-refractivity contribution is 6.31. The fraction of sp³-hybridized carbons (Fsp3) is 0.538. The summed E-state index contributed by atoms with van der Waals surface area (Å²) in [5.74, 6) is -0.231. The zero-order valence-corrected chi connectivity index (χ0v) is 11.8. The Labute approximate surface area is 119 Å². The number of halogens is 3. The van der Waals surface area contributed by atoms with Gasteiger partial charge in [-0.05, 0) is 43.1 Å². The summed E-state index contributed by atoms with van der Waals surface area (Å²) in [5.41, 5.74) is 6.62. The number of piperidine rings is 1. The van der Waals surface area contributed by atoms with Gasteiger partial charge in [0.15, 0.2) is 0 Å². The van der Waals surface area contributed by atoms with Crippen LogP contribution < -0.4 is 5.73 Å². The summed E-state index contributed by atoms with van der Waals surface area (Å²) < 4.78 is 13.2. The first-order valence-corrected chi connectivity index (χ1v) is 6.46. The molecule has 102 valence electrons. The number of likely N-dealkylation sites (tertiary alicyclic amines) is 1. The smallest absolute Gasteiger partial charge is 0.123 e. The van der Waals surface area contributed by atoms with Crippen molar-refractivity contribution in [3.8, 4) is 0 Å². The molecular formula is C13H19Cl2FN2. The molecule has 0 spiro atoms. The van der Waals surface area contributed by atoms with E-state index in [9.17, 15) is 4.39 Å². The molecule has 1 unspecified atom stereocenters. The highest BCUT2D eigenvalue weighted by atomic mass is 35.5. The maximum absolute atomic E-state index is 13.2. The Morgan fingerprint density at radius 1 is 1.39 bits per heavy atom. The molecule has 1 aromatic carbocycles. The van der Waals surface area contributed by atoms with Gasteiger partial charge in [-0.15, -0.1) is 12.4 Å². The Balaban J connectivity index is 0.00000162. The lowest BCUT2D eigenvalue weighted by atomic mass is 10.0. The Bertz CT molecular complexity index is 387. The first-order valence-electron chi connectivity index (χ1n) is 6.08. The predicted molar refractivity (Wildman–Crippen MR) is 75.8 cm³/mol. The van der Waals surface area contributed by atoms with E-state index >= 15 is 0 Å². The average Bonchev–Trinajstić information content (AvgIpc) is 2.34. The maximum Gasteiger partial charge on any atom is 0.123 e. The van der Waals surface area contributed by atoms with Gasteiger partial charge in [-0.2, -0.15) is 0 Å². The van der Waals surface area contributed by atoms with Gasteiger partial charge in [-0.1, -0.05) is 18.0 Å². The van der Waals surface area contributed by atoms with Gasteiger partial charge < -0.3 is 5.73 Å². The molecule has 1 aliphatic heterocycles. The second-order valence-corrected chi connectivity index (χ2v) is 5.00. The normalized spacial score (nSPS) is 20.5. The third-order valence-electron chi connectivity index (χ3n) is 3.40. The molecule has 0 saturated carbocycles. The third kappa shape index (κ3) is 3.82. The second kappa shape index (κ2) is 7.29. The molecule has 2 N–H and O–H groups in total. The van der Waals surface area contributed by atoms with Crippen LogP contribution in [-0.2, 0) is 6.54 Å². The topological polar surface area (TPSA) is 29.3 Å². The summed E-state index contributed by atoms with van der Waals surface area (Å²) in [6.45, 7) is 2.38. The van der Waals surface area contributed by atoms with E-state index < -0.39 is 0 Å². The van der Waals surface area contributed by atoms with E-state index in [0.29, 0.717) is 24.2 Å². The van der Waals surface area contributed by atoms with Gasteiger partial charge in [0.05, 0.1) is 0 Å². The molecule has 1 aliphatic rings. The SMILES string of the molecule is Cl.NCC1CCCCN1Cc1cc(F)ccc1Cl. The Morgan fingerprint density at radius 3 is 2.89 bits per heavy atom.